The Morgan fingerprint density at radius 1 is 1.36 bits per heavy atom. The van der Waals surface area contributed by atoms with Crippen LogP contribution in [0.4, 0.5) is 0 Å². The van der Waals surface area contributed by atoms with Crippen molar-refractivity contribution in [3.05, 3.63) is 0 Å². The van der Waals surface area contributed by atoms with Gasteiger partial charge < -0.3 is 24.1 Å². The summed E-state index contributed by atoms with van der Waals surface area (Å²) in [6, 6.07) is 0. The van der Waals surface area contributed by atoms with Crippen molar-refractivity contribution >= 4 is 8.80 Å². The Labute approximate surface area is 86.5 Å². The van der Waals surface area contributed by atoms with Gasteiger partial charge in [0.25, 0.3) is 0 Å². The molecule has 0 aromatic rings. The summed E-state index contributed by atoms with van der Waals surface area (Å²) in [4.78, 5) is 0. The highest BCUT2D eigenvalue weighted by Crippen LogP contribution is 2.13. The van der Waals surface area contributed by atoms with E-state index in [1.54, 1.807) is 14.2 Å². The van der Waals surface area contributed by atoms with Crippen molar-refractivity contribution in [2.45, 2.75) is 25.4 Å². The SMILES string of the molecule is CCC(N)[Si](OC)(OC)OCCCO. The quantitative estimate of drug-likeness (QED) is 0.444. The maximum Gasteiger partial charge on any atom is 0.518 e. The maximum absolute atomic E-state index is 8.63. The van der Waals surface area contributed by atoms with E-state index < -0.39 is 8.80 Å². The molecule has 1 atom stereocenters. The normalized spacial score (nSPS) is 14.4. The molecular formula is C8H21NO4Si. The molecule has 5 nitrogen and oxygen atoms in total. The number of nitrogens with two attached hydrogens (primary N) is 1. The summed E-state index contributed by atoms with van der Waals surface area (Å²) in [5.74, 6) is 0. The van der Waals surface area contributed by atoms with Gasteiger partial charge in [-0.1, -0.05) is 6.92 Å². The minimum atomic E-state index is -2.72. The van der Waals surface area contributed by atoms with Gasteiger partial charge in [0.15, 0.2) is 0 Å². The molecule has 0 rings (SSSR count). The molecule has 0 saturated carbocycles. The number of hydrogen-bond donors (Lipinski definition) is 2. The van der Waals surface area contributed by atoms with Gasteiger partial charge in [-0.3, -0.25) is 0 Å². The van der Waals surface area contributed by atoms with E-state index in [1.165, 1.54) is 0 Å². The molecule has 0 radical (unpaired) electrons. The molecule has 0 aliphatic carbocycles. The van der Waals surface area contributed by atoms with Crippen LogP contribution < -0.4 is 5.73 Å². The molecular weight excluding hydrogens is 202 g/mol. The molecule has 3 N–H and O–H groups in total. The van der Waals surface area contributed by atoms with Crippen molar-refractivity contribution in [3.63, 3.8) is 0 Å². The van der Waals surface area contributed by atoms with Crippen LogP contribution in [0.5, 0.6) is 0 Å². The van der Waals surface area contributed by atoms with Crippen LogP contribution in [0.25, 0.3) is 0 Å². The molecule has 0 aromatic heterocycles. The molecule has 0 aromatic carbocycles. The Morgan fingerprint density at radius 2 is 1.93 bits per heavy atom. The highest BCUT2D eigenvalue weighted by molar-refractivity contribution is 6.62. The Bertz CT molecular complexity index is 143. The first kappa shape index (κ1) is 14.0. The van der Waals surface area contributed by atoms with Crippen LogP contribution in [0, 0.1) is 0 Å². The molecule has 0 spiro atoms. The number of rotatable bonds is 8. The van der Waals surface area contributed by atoms with Gasteiger partial charge in [-0.05, 0) is 12.8 Å². The van der Waals surface area contributed by atoms with Gasteiger partial charge in [-0.25, -0.2) is 0 Å². The van der Waals surface area contributed by atoms with Crippen molar-refractivity contribution < 1.29 is 18.4 Å². The van der Waals surface area contributed by atoms with Crippen LogP contribution in [0.15, 0.2) is 0 Å². The van der Waals surface area contributed by atoms with Crippen molar-refractivity contribution in [1.29, 1.82) is 0 Å². The second-order valence-corrected chi connectivity index (χ2v) is 6.01. The van der Waals surface area contributed by atoms with Crippen LogP contribution in [0.1, 0.15) is 19.8 Å². The summed E-state index contributed by atoms with van der Waals surface area (Å²) < 4.78 is 16.1. The predicted molar refractivity (Wildman–Crippen MR) is 55.7 cm³/mol. The van der Waals surface area contributed by atoms with Crippen LogP contribution in [0.2, 0.25) is 0 Å². The second-order valence-electron chi connectivity index (χ2n) is 2.95. The highest BCUT2D eigenvalue weighted by Gasteiger charge is 2.45. The minimum absolute atomic E-state index is 0.0965. The third kappa shape index (κ3) is 3.64. The molecule has 0 heterocycles. The van der Waals surface area contributed by atoms with Crippen LogP contribution in [0.3, 0.4) is 0 Å². The standard InChI is InChI=1S/C8H21NO4Si/c1-4-8(9)14(11-2,12-3)13-7-5-6-10/h8,10H,4-7,9H2,1-3H3. The molecule has 0 aliphatic heterocycles. The van der Waals surface area contributed by atoms with E-state index in [2.05, 4.69) is 0 Å². The first-order valence-corrected chi connectivity index (χ1v) is 6.57. The largest absolute Gasteiger partial charge is 0.518 e. The fourth-order valence-corrected chi connectivity index (χ4v) is 3.29. The molecule has 0 fully saturated rings. The van der Waals surface area contributed by atoms with Crippen molar-refractivity contribution in [3.8, 4) is 0 Å². The van der Waals surface area contributed by atoms with E-state index in [-0.39, 0.29) is 12.3 Å². The number of hydrogen-bond acceptors (Lipinski definition) is 5. The first-order valence-electron chi connectivity index (χ1n) is 4.77. The van der Waals surface area contributed by atoms with Crippen molar-refractivity contribution in [2.75, 3.05) is 27.4 Å². The number of aliphatic hydroxyl groups is 1. The lowest BCUT2D eigenvalue weighted by Gasteiger charge is -2.30. The average Bonchev–Trinajstić information content (AvgIpc) is 2.24. The van der Waals surface area contributed by atoms with E-state index in [0.29, 0.717) is 13.0 Å². The number of aliphatic hydroxyl groups excluding tert-OH is 1. The zero-order chi connectivity index (χ0) is 11.0. The molecule has 0 amide bonds. The third-order valence-corrected chi connectivity index (χ3v) is 5.13. The Balaban J connectivity index is 4.21. The van der Waals surface area contributed by atoms with Gasteiger partial charge in [0, 0.05) is 27.4 Å². The van der Waals surface area contributed by atoms with Crippen LogP contribution in [-0.4, -0.2) is 47.0 Å². The predicted octanol–water partition coefficient (Wildman–Crippen LogP) is -0.106. The minimum Gasteiger partial charge on any atom is -0.396 e. The molecule has 6 heteroatoms. The lowest BCUT2D eigenvalue weighted by atomic mass is 10.5. The summed E-state index contributed by atoms with van der Waals surface area (Å²) in [6.07, 6.45) is 1.31. The molecule has 86 valence electrons. The molecule has 0 aliphatic rings. The maximum atomic E-state index is 8.63. The Morgan fingerprint density at radius 3 is 2.29 bits per heavy atom. The summed E-state index contributed by atoms with van der Waals surface area (Å²) in [5, 5.41) is 8.63. The van der Waals surface area contributed by atoms with E-state index in [4.69, 9.17) is 24.1 Å². The highest BCUT2D eigenvalue weighted by atomic mass is 28.4. The van der Waals surface area contributed by atoms with Crippen molar-refractivity contribution in [1.82, 2.24) is 0 Å². The topological polar surface area (TPSA) is 73.9 Å². The van der Waals surface area contributed by atoms with Gasteiger partial charge in [0.2, 0.25) is 0 Å². The Hall–Kier alpha value is 0.0169. The zero-order valence-corrected chi connectivity index (χ0v) is 10.2. The molecule has 14 heavy (non-hydrogen) atoms. The summed E-state index contributed by atoms with van der Waals surface area (Å²) in [6.45, 7) is 2.47. The summed E-state index contributed by atoms with van der Waals surface area (Å²) in [5.41, 5.74) is 5.67. The van der Waals surface area contributed by atoms with Gasteiger partial charge in [0.1, 0.15) is 0 Å². The Kier molecular flexibility index (Phi) is 7.34. The van der Waals surface area contributed by atoms with Crippen LogP contribution >= 0.6 is 0 Å². The second kappa shape index (κ2) is 7.33. The van der Waals surface area contributed by atoms with E-state index in [9.17, 15) is 0 Å². The van der Waals surface area contributed by atoms with Gasteiger partial charge in [-0.15, -0.1) is 0 Å². The fraction of sp³-hybridized carbons (Fsp3) is 1.00. The molecule has 0 saturated heterocycles. The summed E-state index contributed by atoms with van der Waals surface area (Å²) in [7, 11) is 0.374. The van der Waals surface area contributed by atoms with Gasteiger partial charge in [-0.2, -0.15) is 0 Å². The molecule has 0 bridgehead atoms. The average molecular weight is 223 g/mol. The summed E-state index contributed by atoms with van der Waals surface area (Å²) >= 11 is 0. The van der Waals surface area contributed by atoms with Crippen molar-refractivity contribution in [2.24, 2.45) is 5.73 Å². The monoisotopic (exact) mass is 223 g/mol. The van der Waals surface area contributed by atoms with Crippen LogP contribution in [-0.2, 0) is 13.3 Å². The lowest BCUT2D eigenvalue weighted by molar-refractivity contribution is 0.0815. The molecule has 1 unspecified atom stereocenters. The zero-order valence-electron chi connectivity index (χ0n) is 9.16. The van der Waals surface area contributed by atoms with E-state index in [0.717, 1.165) is 6.42 Å². The van der Waals surface area contributed by atoms with E-state index in [1.807, 2.05) is 6.92 Å². The third-order valence-electron chi connectivity index (χ3n) is 2.07. The smallest absolute Gasteiger partial charge is 0.396 e. The van der Waals surface area contributed by atoms with Gasteiger partial charge in [0.05, 0.1) is 5.67 Å². The first-order chi connectivity index (χ1) is 6.66. The van der Waals surface area contributed by atoms with E-state index >= 15 is 0 Å². The lowest BCUT2D eigenvalue weighted by Crippen LogP contribution is -2.59. The fourth-order valence-electron chi connectivity index (χ4n) is 1.14. The van der Waals surface area contributed by atoms with Gasteiger partial charge >= 0.3 is 8.80 Å².